The Kier molecular flexibility index (Phi) is 11.5. The number of aliphatic imine (C=N–C) groups is 1. The van der Waals surface area contributed by atoms with Crippen molar-refractivity contribution in [3.63, 3.8) is 0 Å². The second kappa shape index (κ2) is 12.2. The van der Waals surface area contributed by atoms with Crippen molar-refractivity contribution in [2.24, 2.45) is 10.4 Å². The van der Waals surface area contributed by atoms with E-state index in [2.05, 4.69) is 36.4 Å². The molecular weight excluding hydrogens is 292 g/mol. The topological polar surface area (TPSA) is 66.0 Å². The van der Waals surface area contributed by atoms with Gasteiger partial charge in [0.25, 0.3) is 0 Å². The molecule has 136 valence electrons. The molecule has 1 amide bonds. The molecule has 0 aromatic carbocycles. The van der Waals surface area contributed by atoms with Gasteiger partial charge in [-0.3, -0.25) is 4.79 Å². The first-order valence-electron chi connectivity index (χ1n) is 8.53. The molecule has 0 atom stereocenters. The van der Waals surface area contributed by atoms with E-state index in [1.807, 2.05) is 0 Å². The molecule has 23 heavy (non-hydrogen) atoms. The fourth-order valence-corrected chi connectivity index (χ4v) is 2.00. The molecule has 0 saturated heterocycles. The first kappa shape index (κ1) is 21.7. The molecule has 6 heteroatoms. The predicted octanol–water partition coefficient (Wildman–Crippen LogP) is 1.86. The van der Waals surface area contributed by atoms with Crippen LogP contribution in [0.4, 0.5) is 0 Å². The molecule has 2 N–H and O–H groups in total. The molecule has 0 aliphatic heterocycles. The Labute approximate surface area is 142 Å². The number of likely N-dealkylation sites (N-methyl/N-ethyl adjacent to an activating group) is 1. The van der Waals surface area contributed by atoms with Gasteiger partial charge in [-0.2, -0.15) is 0 Å². The van der Waals surface area contributed by atoms with Crippen molar-refractivity contribution in [3.8, 4) is 0 Å². The van der Waals surface area contributed by atoms with E-state index in [9.17, 15) is 4.79 Å². The zero-order valence-corrected chi connectivity index (χ0v) is 15.9. The van der Waals surface area contributed by atoms with Crippen LogP contribution in [0.2, 0.25) is 0 Å². The highest BCUT2D eigenvalue weighted by molar-refractivity contribution is 5.84. The maximum atomic E-state index is 11.7. The normalized spacial score (nSPS) is 12.2. The van der Waals surface area contributed by atoms with Crippen LogP contribution in [0.25, 0.3) is 0 Å². The molecule has 0 heterocycles. The fraction of sp³-hybridized carbons (Fsp3) is 0.882. The number of methoxy groups -OCH3 is 1. The highest BCUT2D eigenvalue weighted by atomic mass is 16.5. The van der Waals surface area contributed by atoms with Crippen LogP contribution in [0.3, 0.4) is 0 Å². The van der Waals surface area contributed by atoms with Crippen LogP contribution in [-0.4, -0.2) is 64.2 Å². The van der Waals surface area contributed by atoms with Crippen LogP contribution in [0.1, 0.15) is 46.5 Å². The van der Waals surface area contributed by atoms with Crippen LogP contribution in [-0.2, 0) is 9.53 Å². The predicted molar refractivity (Wildman–Crippen MR) is 96.8 cm³/mol. The molecule has 0 rings (SSSR count). The number of guanidine groups is 1. The number of hydrogen-bond donors (Lipinski definition) is 2. The number of ether oxygens (including phenoxy) is 1. The van der Waals surface area contributed by atoms with Crippen molar-refractivity contribution >= 4 is 11.9 Å². The standard InChI is InChI=1S/C17H36N4O2/c1-7-8-9-10-17(2,3)14-20-16(18-11-12-23-6)19-13-15(22)21(4)5/h7-14H2,1-6H3,(H2,18,19,20). The zero-order valence-electron chi connectivity index (χ0n) is 15.9. The molecular formula is C17H36N4O2. The molecule has 0 unspecified atom stereocenters. The molecule has 0 saturated carbocycles. The summed E-state index contributed by atoms with van der Waals surface area (Å²) in [6, 6.07) is 0. The lowest BCUT2D eigenvalue weighted by molar-refractivity contribution is -0.127. The lowest BCUT2D eigenvalue weighted by Crippen LogP contribution is -2.43. The maximum absolute atomic E-state index is 11.7. The molecule has 0 aliphatic carbocycles. The van der Waals surface area contributed by atoms with Gasteiger partial charge in [0.2, 0.25) is 5.91 Å². The molecule has 0 aromatic rings. The van der Waals surface area contributed by atoms with E-state index < -0.39 is 0 Å². The monoisotopic (exact) mass is 328 g/mol. The lowest BCUT2D eigenvalue weighted by atomic mass is 9.87. The number of carbonyl (C=O) groups excluding carboxylic acids is 1. The first-order chi connectivity index (χ1) is 10.8. The second-order valence-electron chi connectivity index (χ2n) is 6.85. The minimum Gasteiger partial charge on any atom is -0.383 e. The Morgan fingerprint density at radius 2 is 1.91 bits per heavy atom. The van der Waals surface area contributed by atoms with E-state index in [0.29, 0.717) is 19.1 Å². The molecule has 0 aromatic heterocycles. The largest absolute Gasteiger partial charge is 0.383 e. The Balaban J connectivity index is 4.49. The Hall–Kier alpha value is -1.30. The molecule has 0 spiro atoms. The summed E-state index contributed by atoms with van der Waals surface area (Å²) in [5, 5.41) is 6.55. The summed E-state index contributed by atoms with van der Waals surface area (Å²) < 4.78 is 5.05. The summed E-state index contributed by atoms with van der Waals surface area (Å²) in [6.45, 7) is 8.96. The van der Waals surface area contributed by atoms with Gasteiger partial charge < -0.3 is 20.3 Å². The number of carbonyl (C=O) groups is 1. The van der Waals surface area contributed by atoms with Gasteiger partial charge in [-0.25, -0.2) is 4.99 Å². The van der Waals surface area contributed by atoms with E-state index in [1.165, 1.54) is 25.7 Å². The highest BCUT2D eigenvalue weighted by Gasteiger charge is 2.17. The lowest BCUT2D eigenvalue weighted by Gasteiger charge is -2.26. The summed E-state index contributed by atoms with van der Waals surface area (Å²) in [6.07, 6.45) is 4.93. The van der Waals surface area contributed by atoms with Gasteiger partial charge in [0.1, 0.15) is 6.54 Å². The third-order valence-electron chi connectivity index (χ3n) is 3.66. The summed E-state index contributed by atoms with van der Waals surface area (Å²) in [4.78, 5) is 17.6. The van der Waals surface area contributed by atoms with Crippen molar-refractivity contribution in [2.75, 3.05) is 47.4 Å². The van der Waals surface area contributed by atoms with Gasteiger partial charge in [0.05, 0.1) is 6.61 Å². The third-order valence-corrected chi connectivity index (χ3v) is 3.66. The minimum atomic E-state index is -0.0138. The molecule has 0 bridgehead atoms. The van der Waals surface area contributed by atoms with E-state index in [1.54, 1.807) is 26.1 Å². The van der Waals surface area contributed by atoms with Gasteiger partial charge in [-0.05, 0) is 11.8 Å². The summed E-state index contributed by atoms with van der Waals surface area (Å²) in [5.74, 6) is 0.654. The van der Waals surface area contributed by atoms with Crippen LogP contribution >= 0.6 is 0 Å². The average Bonchev–Trinajstić information content (AvgIpc) is 2.49. The molecule has 6 nitrogen and oxygen atoms in total. The van der Waals surface area contributed by atoms with Crippen molar-refractivity contribution in [1.29, 1.82) is 0 Å². The fourth-order valence-electron chi connectivity index (χ4n) is 2.00. The van der Waals surface area contributed by atoms with Crippen molar-refractivity contribution in [2.45, 2.75) is 46.5 Å². The Morgan fingerprint density at radius 3 is 2.48 bits per heavy atom. The molecule has 0 radical (unpaired) electrons. The Morgan fingerprint density at radius 1 is 1.22 bits per heavy atom. The van der Waals surface area contributed by atoms with Crippen LogP contribution in [0.5, 0.6) is 0 Å². The van der Waals surface area contributed by atoms with Gasteiger partial charge in [0.15, 0.2) is 5.96 Å². The smallest absolute Gasteiger partial charge is 0.243 e. The van der Waals surface area contributed by atoms with E-state index in [0.717, 1.165) is 6.54 Å². The van der Waals surface area contributed by atoms with Crippen LogP contribution in [0.15, 0.2) is 4.99 Å². The number of rotatable bonds is 11. The van der Waals surface area contributed by atoms with Crippen LogP contribution < -0.4 is 10.6 Å². The average molecular weight is 329 g/mol. The van der Waals surface area contributed by atoms with Crippen molar-refractivity contribution in [3.05, 3.63) is 0 Å². The first-order valence-corrected chi connectivity index (χ1v) is 8.53. The summed E-state index contributed by atoms with van der Waals surface area (Å²) >= 11 is 0. The van der Waals surface area contributed by atoms with Crippen molar-refractivity contribution < 1.29 is 9.53 Å². The van der Waals surface area contributed by atoms with Gasteiger partial charge in [-0.15, -0.1) is 0 Å². The Bertz CT molecular complexity index is 355. The molecule has 0 aliphatic rings. The zero-order chi connectivity index (χ0) is 17.7. The SMILES string of the molecule is CCCCCC(C)(C)CNC(=NCC(=O)N(C)C)NCCOC. The maximum Gasteiger partial charge on any atom is 0.243 e. The van der Waals surface area contributed by atoms with Crippen LogP contribution in [0, 0.1) is 5.41 Å². The summed E-state index contributed by atoms with van der Waals surface area (Å²) in [5.41, 5.74) is 0.199. The number of nitrogens with zero attached hydrogens (tertiary/aromatic N) is 2. The van der Waals surface area contributed by atoms with Gasteiger partial charge >= 0.3 is 0 Å². The number of unbranched alkanes of at least 4 members (excludes halogenated alkanes) is 2. The van der Waals surface area contributed by atoms with Crippen molar-refractivity contribution in [1.82, 2.24) is 15.5 Å². The van der Waals surface area contributed by atoms with E-state index >= 15 is 0 Å². The van der Waals surface area contributed by atoms with Gasteiger partial charge in [-0.1, -0.05) is 40.0 Å². The molecule has 0 fully saturated rings. The second-order valence-corrected chi connectivity index (χ2v) is 6.85. The van der Waals surface area contributed by atoms with E-state index in [-0.39, 0.29) is 17.9 Å². The highest BCUT2D eigenvalue weighted by Crippen LogP contribution is 2.22. The van der Waals surface area contributed by atoms with E-state index in [4.69, 9.17) is 4.74 Å². The quantitative estimate of drug-likeness (QED) is 0.345. The minimum absolute atomic E-state index is 0.0138. The number of hydrogen-bond acceptors (Lipinski definition) is 3. The third kappa shape index (κ3) is 11.9. The number of amides is 1. The summed E-state index contributed by atoms with van der Waals surface area (Å²) in [7, 11) is 5.14. The number of nitrogens with one attached hydrogen (secondary N) is 2. The van der Waals surface area contributed by atoms with Gasteiger partial charge in [0, 0.05) is 34.3 Å².